The number of hydrogen-bond acceptors (Lipinski definition) is 7. The zero-order valence-corrected chi connectivity index (χ0v) is 15.5. The number of nitrogens with one attached hydrogen (secondary N) is 1. The first-order chi connectivity index (χ1) is 12.7. The minimum absolute atomic E-state index is 0.0560. The third kappa shape index (κ3) is 3.99. The number of benzene rings is 1. The highest BCUT2D eigenvalue weighted by Gasteiger charge is 2.29. The van der Waals surface area contributed by atoms with E-state index in [1.165, 1.54) is 11.8 Å². The summed E-state index contributed by atoms with van der Waals surface area (Å²) in [5.74, 6) is -0.0560. The van der Waals surface area contributed by atoms with Crippen molar-refractivity contribution in [3.8, 4) is 0 Å². The fourth-order valence-electron chi connectivity index (χ4n) is 2.84. The van der Waals surface area contributed by atoms with Crippen LogP contribution in [0.4, 0.5) is 11.4 Å². The lowest BCUT2D eigenvalue weighted by atomic mass is 10.2. The number of morpholine rings is 1. The van der Waals surface area contributed by atoms with Crippen LogP contribution in [0.5, 0.6) is 0 Å². The Kier molecular flexibility index (Phi) is 5.07. The van der Waals surface area contributed by atoms with Gasteiger partial charge in [-0.3, -0.25) is 4.79 Å². The molecule has 1 atom stereocenters. The van der Waals surface area contributed by atoms with Gasteiger partial charge in [0.2, 0.25) is 11.1 Å². The van der Waals surface area contributed by atoms with E-state index in [-0.39, 0.29) is 11.2 Å². The van der Waals surface area contributed by atoms with Crippen molar-refractivity contribution in [3.05, 3.63) is 24.3 Å². The molecule has 0 bridgehead atoms. The summed E-state index contributed by atoms with van der Waals surface area (Å²) in [5, 5.41) is 15.2. The number of tetrazole rings is 1. The number of nitrogens with zero attached hydrogens (tertiary/aromatic N) is 5. The number of ether oxygens (including phenoxy) is 1. The Bertz CT molecular complexity index is 755. The number of carbonyl (C=O) groups is 1. The van der Waals surface area contributed by atoms with Crippen LogP contribution in [0.2, 0.25) is 0 Å². The van der Waals surface area contributed by atoms with Gasteiger partial charge in [0.25, 0.3) is 0 Å². The monoisotopic (exact) mass is 374 g/mol. The van der Waals surface area contributed by atoms with Gasteiger partial charge < -0.3 is 15.0 Å². The molecular weight excluding hydrogens is 352 g/mol. The molecule has 2 fully saturated rings. The first-order valence-corrected chi connectivity index (χ1v) is 9.77. The van der Waals surface area contributed by atoms with Crippen molar-refractivity contribution in [2.24, 2.45) is 0 Å². The molecule has 4 rings (SSSR count). The van der Waals surface area contributed by atoms with Gasteiger partial charge in [0, 0.05) is 24.5 Å². The predicted molar refractivity (Wildman–Crippen MR) is 99.5 cm³/mol. The van der Waals surface area contributed by atoms with Crippen LogP contribution in [0.3, 0.4) is 0 Å². The zero-order chi connectivity index (χ0) is 17.9. The molecule has 138 valence electrons. The maximum absolute atomic E-state index is 12.5. The Balaban J connectivity index is 1.34. The predicted octanol–water partition coefficient (Wildman–Crippen LogP) is 1.96. The molecule has 2 aliphatic rings. The summed E-state index contributed by atoms with van der Waals surface area (Å²) in [5.41, 5.74) is 1.94. The second kappa shape index (κ2) is 7.63. The third-order valence-corrected chi connectivity index (χ3v) is 5.57. The largest absolute Gasteiger partial charge is 0.378 e. The van der Waals surface area contributed by atoms with E-state index in [0.29, 0.717) is 11.2 Å². The van der Waals surface area contributed by atoms with Crippen molar-refractivity contribution in [2.75, 3.05) is 36.5 Å². The van der Waals surface area contributed by atoms with E-state index in [0.717, 1.165) is 50.5 Å². The van der Waals surface area contributed by atoms with Crippen LogP contribution in [0.15, 0.2) is 29.4 Å². The number of aromatic nitrogens is 4. The van der Waals surface area contributed by atoms with Gasteiger partial charge in [-0.15, -0.1) is 5.10 Å². The highest BCUT2D eigenvalue weighted by molar-refractivity contribution is 8.00. The molecule has 0 radical (unpaired) electrons. The number of carbonyl (C=O) groups excluding carboxylic acids is 1. The Labute approximate surface area is 156 Å². The summed E-state index contributed by atoms with van der Waals surface area (Å²) < 4.78 is 7.20. The van der Waals surface area contributed by atoms with Crippen LogP contribution in [0, 0.1) is 0 Å². The molecule has 1 aliphatic carbocycles. The maximum atomic E-state index is 12.5. The molecule has 1 aliphatic heterocycles. The lowest BCUT2D eigenvalue weighted by molar-refractivity contribution is -0.115. The summed E-state index contributed by atoms with van der Waals surface area (Å²) in [6.07, 6.45) is 2.21. The Morgan fingerprint density at radius 1 is 1.27 bits per heavy atom. The normalized spacial score (nSPS) is 18.6. The van der Waals surface area contributed by atoms with Gasteiger partial charge in [-0.1, -0.05) is 11.8 Å². The number of rotatable bonds is 6. The zero-order valence-electron chi connectivity index (χ0n) is 14.7. The number of thioether (sulfide) groups is 1. The number of amides is 1. The summed E-state index contributed by atoms with van der Waals surface area (Å²) in [6, 6.07) is 8.34. The van der Waals surface area contributed by atoms with Gasteiger partial charge in [-0.05, 0) is 54.5 Å². The first-order valence-electron chi connectivity index (χ1n) is 8.89. The second-order valence-electron chi connectivity index (χ2n) is 6.53. The molecular formula is C17H22N6O2S. The highest BCUT2D eigenvalue weighted by Crippen LogP contribution is 2.37. The number of hydrogen-bond donors (Lipinski definition) is 1. The molecule has 2 aromatic rings. The second-order valence-corrected chi connectivity index (χ2v) is 7.84. The lowest BCUT2D eigenvalue weighted by Gasteiger charge is -2.28. The molecule has 1 N–H and O–H groups in total. The fraction of sp³-hybridized carbons (Fsp3) is 0.529. The SMILES string of the molecule is CC(Sc1nnnn1C1CC1)C(=O)Nc1ccc(N2CCOCC2)cc1. The van der Waals surface area contributed by atoms with Crippen molar-refractivity contribution in [1.29, 1.82) is 0 Å². The molecule has 26 heavy (non-hydrogen) atoms. The molecule has 1 saturated heterocycles. The Morgan fingerprint density at radius 2 is 2.00 bits per heavy atom. The van der Waals surface area contributed by atoms with Gasteiger partial charge >= 0.3 is 0 Å². The molecule has 8 nitrogen and oxygen atoms in total. The molecule has 9 heteroatoms. The summed E-state index contributed by atoms with van der Waals surface area (Å²) in [7, 11) is 0. The smallest absolute Gasteiger partial charge is 0.237 e. The Morgan fingerprint density at radius 3 is 2.69 bits per heavy atom. The minimum atomic E-state index is -0.280. The van der Waals surface area contributed by atoms with E-state index >= 15 is 0 Å². The van der Waals surface area contributed by atoms with Crippen LogP contribution in [-0.4, -0.2) is 57.7 Å². The van der Waals surface area contributed by atoms with Crippen LogP contribution >= 0.6 is 11.8 Å². The molecule has 1 amide bonds. The van der Waals surface area contributed by atoms with Crippen molar-refractivity contribution in [1.82, 2.24) is 20.2 Å². The quantitative estimate of drug-likeness (QED) is 0.774. The molecule has 0 spiro atoms. The average molecular weight is 374 g/mol. The van der Waals surface area contributed by atoms with Gasteiger partial charge in [0.15, 0.2) is 0 Å². The van der Waals surface area contributed by atoms with Crippen LogP contribution in [-0.2, 0) is 9.53 Å². The maximum Gasteiger partial charge on any atom is 0.237 e. The number of anilines is 2. The molecule has 1 saturated carbocycles. The summed E-state index contributed by atoms with van der Waals surface area (Å²) >= 11 is 1.39. The van der Waals surface area contributed by atoms with E-state index in [1.54, 1.807) is 0 Å². The van der Waals surface area contributed by atoms with Gasteiger partial charge in [0.1, 0.15) is 0 Å². The van der Waals surface area contributed by atoms with E-state index < -0.39 is 0 Å². The van der Waals surface area contributed by atoms with Crippen molar-refractivity contribution < 1.29 is 9.53 Å². The van der Waals surface area contributed by atoms with E-state index in [9.17, 15) is 4.79 Å². The molecule has 1 unspecified atom stereocenters. The first kappa shape index (κ1) is 17.3. The van der Waals surface area contributed by atoms with Crippen molar-refractivity contribution >= 4 is 29.0 Å². The fourth-order valence-corrected chi connectivity index (χ4v) is 3.70. The molecule has 2 heterocycles. The van der Waals surface area contributed by atoms with Crippen molar-refractivity contribution in [2.45, 2.75) is 36.2 Å². The topological polar surface area (TPSA) is 85.2 Å². The van der Waals surface area contributed by atoms with E-state index in [2.05, 4.69) is 25.7 Å². The van der Waals surface area contributed by atoms with Gasteiger partial charge in [0.05, 0.1) is 24.5 Å². The lowest BCUT2D eigenvalue weighted by Crippen LogP contribution is -2.36. The average Bonchev–Trinajstić information content (AvgIpc) is 3.42. The van der Waals surface area contributed by atoms with Crippen LogP contribution < -0.4 is 10.2 Å². The van der Waals surface area contributed by atoms with Crippen LogP contribution in [0.1, 0.15) is 25.8 Å². The minimum Gasteiger partial charge on any atom is -0.378 e. The molecule has 1 aromatic heterocycles. The molecule has 1 aromatic carbocycles. The third-order valence-electron chi connectivity index (χ3n) is 4.52. The summed E-state index contributed by atoms with van der Waals surface area (Å²) in [4.78, 5) is 14.8. The van der Waals surface area contributed by atoms with Gasteiger partial charge in [-0.2, -0.15) is 0 Å². The highest BCUT2D eigenvalue weighted by atomic mass is 32.2. The van der Waals surface area contributed by atoms with Crippen molar-refractivity contribution in [3.63, 3.8) is 0 Å². The standard InChI is InChI=1S/C17H22N6O2S/c1-12(26-17-19-20-21-23(17)15-6-7-15)16(24)18-13-2-4-14(5-3-13)22-8-10-25-11-9-22/h2-5,12,15H,6-11H2,1H3,(H,18,24). The summed E-state index contributed by atoms with van der Waals surface area (Å²) in [6.45, 7) is 5.18. The van der Waals surface area contributed by atoms with Gasteiger partial charge in [-0.25, -0.2) is 4.68 Å². The Hall–Kier alpha value is -2.13. The van der Waals surface area contributed by atoms with E-state index in [1.807, 2.05) is 35.9 Å². The van der Waals surface area contributed by atoms with Crippen LogP contribution in [0.25, 0.3) is 0 Å². The van der Waals surface area contributed by atoms with E-state index in [4.69, 9.17) is 4.74 Å².